The lowest BCUT2D eigenvalue weighted by Crippen LogP contribution is -2.34. The molecule has 1 aliphatic rings. The molecular weight excluding hydrogens is 374 g/mol. The highest BCUT2D eigenvalue weighted by atomic mass is 32.2. The molecule has 0 saturated carbocycles. The Morgan fingerprint density at radius 1 is 1.14 bits per heavy atom. The summed E-state index contributed by atoms with van der Waals surface area (Å²) in [6, 6.07) is 18.7. The van der Waals surface area contributed by atoms with Crippen LogP contribution in [0.15, 0.2) is 65.7 Å². The minimum atomic E-state index is -0.478. The maximum absolute atomic E-state index is 12.9. The molecule has 1 heterocycles. The number of para-hydroxylation sites is 2. The van der Waals surface area contributed by atoms with E-state index in [0.29, 0.717) is 24.7 Å². The summed E-state index contributed by atoms with van der Waals surface area (Å²) in [5.74, 6) is -0.270. The second kappa shape index (κ2) is 10.1. The summed E-state index contributed by atoms with van der Waals surface area (Å²) in [5.41, 5.74) is 1.50. The van der Waals surface area contributed by atoms with Gasteiger partial charge in [-0.15, -0.1) is 0 Å². The molecule has 2 aromatic carbocycles. The van der Waals surface area contributed by atoms with Crippen LogP contribution in [0.4, 0.5) is 11.4 Å². The Kier molecular flexibility index (Phi) is 7.22. The van der Waals surface area contributed by atoms with Crippen LogP contribution in [-0.4, -0.2) is 47.4 Å². The van der Waals surface area contributed by atoms with Gasteiger partial charge in [-0.3, -0.25) is 14.5 Å². The number of anilines is 1. The van der Waals surface area contributed by atoms with E-state index in [2.05, 4.69) is 10.3 Å². The Hall–Kier alpha value is -2.64. The number of amides is 2. The number of hydrogen-bond acceptors (Lipinski definition) is 5. The number of carbonyl (C=O) groups excluding carboxylic acids is 2. The van der Waals surface area contributed by atoms with Gasteiger partial charge in [-0.1, -0.05) is 48.2 Å². The molecule has 146 valence electrons. The van der Waals surface area contributed by atoms with E-state index in [-0.39, 0.29) is 18.2 Å². The predicted octanol–water partition coefficient (Wildman–Crippen LogP) is 3.68. The second-order valence-corrected chi connectivity index (χ2v) is 7.46. The van der Waals surface area contributed by atoms with Crippen molar-refractivity contribution in [2.45, 2.75) is 18.1 Å². The number of rotatable bonds is 8. The Bertz CT molecular complexity index is 827. The van der Waals surface area contributed by atoms with Gasteiger partial charge in [0.05, 0.1) is 5.69 Å². The van der Waals surface area contributed by atoms with E-state index in [1.807, 2.05) is 60.7 Å². The fourth-order valence-electron chi connectivity index (χ4n) is 2.81. The number of ether oxygens (including phenoxy) is 1. The monoisotopic (exact) mass is 397 g/mol. The molecule has 1 fully saturated rings. The number of thioether (sulfide) groups is 1. The first-order chi connectivity index (χ1) is 13.7. The zero-order valence-electron chi connectivity index (χ0n) is 15.7. The molecule has 0 aromatic heterocycles. The number of nitrogens with one attached hydrogen (secondary N) is 1. The zero-order valence-corrected chi connectivity index (χ0v) is 16.5. The van der Waals surface area contributed by atoms with E-state index < -0.39 is 5.25 Å². The molecule has 1 unspecified atom stereocenters. The molecule has 1 atom stereocenters. The van der Waals surface area contributed by atoms with E-state index in [9.17, 15) is 9.59 Å². The van der Waals surface area contributed by atoms with E-state index in [1.165, 1.54) is 11.8 Å². The maximum atomic E-state index is 12.9. The fourth-order valence-corrected chi connectivity index (χ4v) is 4.00. The van der Waals surface area contributed by atoms with Gasteiger partial charge in [0.1, 0.15) is 5.25 Å². The number of hydrogen-bond donors (Lipinski definition) is 1. The van der Waals surface area contributed by atoms with Crippen molar-refractivity contribution >= 4 is 40.1 Å². The molecule has 2 aromatic rings. The number of methoxy groups -OCH3 is 1. The molecule has 3 rings (SSSR count). The van der Waals surface area contributed by atoms with E-state index in [1.54, 1.807) is 12.0 Å². The Labute approximate surface area is 169 Å². The standard InChI is InChI=1S/C21H23N3O3S/c1-27-14-8-13-24-20(26)18(15-19(25)22-16-9-4-2-5-10-16)28-21(24)23-17-11-6-3-7-12-17/h2-7,9-12,18H,8,13-15H2,1H3,(H,22,25). The second-order valence-electron chi connectivity index (χ2n) is 6.29. The quantitative estimate of drug-likeness (QED) is 0.690. The van der Waals surface area contributed by atoms with Crippen LogP contribution in [0.2, 0.25) is 0 Å². The Morgan fingerprint density at radius 3 is 2.50 bits per heavy atom. The first kappa shape index (κ1) is 20.1. The third-order valence-corrected chi connectivity index (χ3v) is 5.33. The number of aliphatic imine (C=N–C) groups is 1. The molecule has 1 saturated heterocycles. The van der Waals surface area contributed by atoms with Gasteiger partial charge in [0.15, 0.2) is 5.17 Å². The van der Waals surface area contributed by atoms with Crippen LogP contribution >= 0.6 is 11.8 Å². The summed E-state index contributed by atoms with van der Waals surface area (Å²) >= 11 is 1.34. The van der Waals surface area contributed by atoms with Crippen LogP contribution in [-0.2, 0) is 14.3 Å². The topological polar surface area (TPSA) is 71.0 Å². The van der Waals surface area contributed by atoms with Crippen LogP contribution in [0, 0.1) is 0 Å². The molecule has 0 radical (unpaired) electrons. The SMILES string of the molecule is COCCCN1C(=O)C(CC(=O)Nc2ccccc2)SC1=Nc1ccccc1. The van der Waals surface area contributed by atoms with Gasteiger partial charge in [0, 0.05) is 32.4 Å². The highest BCUT2D eigenvalue weighted by Gasteiger charge is 2.38. The summed E-state index contributed by atoms with van der Waals surface area (Å²) in [7, 11) is 1.64. The van der Waals surface area contributed by atoms with Crippen LogP contribution in [0.1, 0.15) is 12.8 Å². The first-order valence-electron chi connectivity index (χ1n) is 9.13. The average Bonchev–Trinajstić information content (AvgIpc) is 2.98. The van der Waals surface area contributed by atoms with Crippen molar-refractivity contribution in [2.75, 3.05) is 25.6 Å². The number of amidine groups is 1. The van der Waals surface area contributed by atoms with Crippen LogP contribution in [0.25, 0.3) is 0 Å². The van der Waals surface area contributed by atoms with Gasteiger partial charge in [-0.25, -0.2) is 4.99 Å². The van der Waals surface area contributed by atoms with Crippen molar-refractivity contribution in [3.05, 3.63) is 60.7 Å². The molecule has 2 amide bonds. The fraction of sp³-hybridized carbons (Fsp3) is 0.286. The van der Waals surface area contributed by atoms with Crippen LogP contribution in [0.5, 0.6) is 0 Å². The van der Waals surface area contributed by atoms with Gasteiger partial charge in [-0.05, 0) is 30.7 Å². The van der Waals surface area contributed by atoms with Gasteiger partial charge in [0.25, 0.3) is 0 Å². The lowest BCUT2D eigenvalue weighted by Gasteiger charge is -2.16. The molecule has 0 spiro atoms. The summed E-state index contributed by atoms with van der Waals surface area (Å²) in [6.45, 7) is 1.08. The molecule has 1 aliphatic heterocycles. The first-order valence-corrected chi connectivity index (χ1v) is 10.0. The van der Waals surface area contributed by atoms with Crippen molar-refractivity contribution in [1.82, 2.24) is 4.90 Å². The van der Waals surface area contributed by atoms with Crippen molar-refractivity contribution in [1.29, 1.82) is 0 Å². The van der Waals surface area contributed by atoms with Gasteiger partial charge < -0.3 is 10.1 Å². The summed E-state index contributed by atoms with van der Waals surface area (Å²) in [6.07, 6.45) is 0.812. The summed E-state index contributed by atoms with van der Waals surface area (Å²) < 4.78 is 5.10. The van der Waals surface area contributed by atoms with Crippen molar-refractivity contribution in [2.24, 2.45) is 4.99 Å². The predicted molar refractivity (Wildman–Crippen MR) is 113 cm³/mol. The molecule has 7 heteroatoms. The molecule has 0 aliphatic carbocycles. The van der Waals surface area contributed by atoms with Crippen molar-refractivity contribution in [3.8, 4) is 0 Å². The number of carbonyl (C=O) groups is 2. The highest BCUT2D eigenvalue weighted by Crippen LogP contribution is 2.32. The molecular formula is C21H23N3O3S. The minimum Gasteiger partial charge on any atom is -0.385 e. The smallest absolute Gasteiger partial charge is 0.242 e. The third-order valence-electron chi connectivity index (χ3n) is 4.16. The largest absolute Gasteiger partial charge is 0.385 e. The van der Waals surface area contributed by atoms with E-state index >= 15 is 0 Å². The van der Waals surface area contributed by atoms with E-state index in [4.69, 9.17) is 4.74 Å². The minimum absolute atomic E-state index is 0.0843. The molecule has 0 bridgehead atoms. The van der Waals surface area contributed by atoms with E-state index in [0.717, 1.165) is 11.4 Å². The summed E-state index contributed by atoms with van der Waals surface area (Å²) in [4.78, 5) is 31.6. The van der Waals surface area contributed by atoms with Gasteiger partial charge >= 0.3 is 0 Å². The third kappa shape index (κ3) is 5.43. The van der Waals surface area contributed by atoms with Crippen LogP contribution in [0.3, 0.4) is 0 Å². The maximum Gasteiger partial charge on any atom is 0.242 e. The Balaban J connectivity index is 1.70. The number of nitrogens with zero attached hydrogens (tertiary/aromatic N) is 2. The molecule has 28 heavy (non-hydrogen) atoms. The Morgan fingerprint density at radius 2 is 1.82 bits per heavy atom. The summed E-state index contributed by atoms with van der Waals surface area (Å²) in [5, 5.41) is 2.99. The lowest BCUT2D eigenvalue weighted by molar-refractivity contribution is -0.128. The normalized spacial score (nSPS) is 17.9. The van der Waals surface area contributed by atoms with Crippen molar-refractivity contribution in [3.63, 3.8) is 0 Å². The number of benzene rings is 2. The highest BCUT2D eigenvalue weighted by molar-refractivity contribution is 8.15. The van der Waals surface area contributed by atoms with Gasteiger partial charge in [-0.2, -0.15) is 0 Å². The van der Waals surface area contributed by atoms with Gasteiger partial charge in [0.2, 0.25) is 11.8 Å². The molecule has 6 nitrogen and oxygen atoms in total. The lowest BCUT2D eigenvalue weighted by atomic mass is 10.2. The van der Waals surface area contributed by atoms with Crippen LogP contribution < -0.4 is 5.32 Å². The molecule has 1 N–H and O–H groups in total. The zero-order chi connectivity index (χ0) is 19.8. The van der Waals surface area contributed by atoms with Crippen molar-refractivity contribution < 1.29 is 14.3 Å². The average molecular weight is 398 g/mol.